The number of hydrogen-bond donors (Lipinski definition) is 1. The summed E-state index contributed by atoms with van der Waals surface area (Å²) in [7, 11) is 0. The first-order valence-electron chi connectivity index (χ1n) is 9.78. The van der Waals surface area contributed by atoms with Crippen molar-refractivity contribution < 1.29 is 9.59 Å². The minimum atomic E-state index is -0.312. The first-order chi connectivity index (χ1) is 13.6. The number of nitrogens with zero attached hydrogens (tertiary/aromatic N) is 3. The second-order valence-electron chi connectivity index (χ2n) is 7.22. The summed E-state index contributed by atoms with van der Waals surface area (Å²) in [5.41, 5.74) is 2.61. The second kappa shape index (κ2) is 7.84. The monoisotopic (exact) mass is 376 g/mol. The first kappa shape index (κ1) is 18.2. The molecule has 1 fully saturated rings. The number of carbonyl (C=O) groups is 2. The third kappa shape index (κ3) is 3.50. The Morgan fingerprint density at radius 3 is 2.43 bits per heavy atom. The third-order valence-electron chi connectivity index (χ3n) is 5.24. The molecule has 0 saturated carbocycles. The standard InChI is InChI=1S/C22H24N4O2/c1-16-10-4-5-11-17(16)23-21(27)19-18-12-6-9-15-26(18)20(24-19)22(28)25-13-7-2-3-8-14-25/h4-6,9-12,15H,2-3,7-8,13-14H2,1H3,(H,23,27). The summed E-state index contributed by atoms with van der Waals surface area (Å²) in [6.45, 7) is 3.42. The van der Waals surface area contributed by atoms with E-state index in [0.717, 1.165) is 50.0 Å². The van der Waals surface area contributed by atoms with Crippen molar-refractivity contribution in [1.29, 1.82) is 0 Å². The minimum Gasteiger partial charge on any atom is -0.336 e. The zero-order valence-corrected chi connectivity index (χ0v) is 16.0. The van der Waals surface area contributed by atoms with E-state index in [1.165, 1.54) is 0 Å². The number of rotatable bonds is 3. The van der Waals surface area contributed by atoms with Gasteiger partial charge in [0.05, 0.1) is 5.52 Å². The number of benzene rings is 1. The Kier molecular flexibility index (Phi) is 5.10. The number of likely N-dealkylation sites (tertiary alicyclic amines) is 1. The molecule has 3 heterocycles. The molecular formula is C22H24N4O2. The van der Waals surface area contributed by atoms with Gasteiger partial charge in [-0.05, 0) is 43.5 Å². The van der Waals surface area contributed by atoms with E-state index in [4.69, 9.17) is 0 Å². The Morgan fingerprint density at radius 2 is 1.68 bits per heavy atom. The molecule has 2 amide bonds. The molecule has 1 aromatic carbocycles. The molecule has 4 rings (SSSR count). The van der Waals surface area contributed by atoms with Gasteiger partial charge in [0.25, 0.3) is 11.8 Å². The van der Waals surface area contributed by atoms with E-state index in [1.54, 1.807) is 10.6 Å². The molecule has 0 unspecified atom stereocenters. The summed E-state index contributed by atoms with van der Waals surface area (Å²) < 4.78 is 1.72. The summed E-state index contributed by atoms with van der Waals surface area (Å²) in [6.07, 6.45) is 6.11. The summed E-state index contributed by atoms with van der Waals surface area (Å²) >= 11 is 0. The van der Waals surface area contributed by atoms with Crippen LogP contribution in [-0.2, 0) is 0 Å². The molecule has 1 aliphatic heterocycles. The van der Waals surface area contributed by atoms with Gasteiger partial charge in [0.1, 0.15) is 0 Å². The van der Waals surface area contributed by atoms with Crippen LogP contribution in [0.1, 0.15) is 52.4 Å². The van der Waals surface area contributed by atoms with E-state index < -0.39 is 0 Å². The first-order valence-corrected chi connectivity index (χ1v) is 9.78. The third-order valence-corrected chi connectivity index (χ3v) is 5.24. The molecule has 0 spiro atoms. The van der Waals surface area contributed by atoms with Gasteiger partial charge in [0, 0.05) is 25.0 Å². The largest absolute Gasteiger partial charge is 0.336 e. The zero-order chi connectivity index (χ0) is 19.5. The van der Waals surface area contributed by atoms with Crippen LogP contribution in [0.25, 0.3) is 5.52 Å². The number of fused-ring (bicyclic) bond motifs is 1. The fourth-order valence-corrected chi connectivity index (χ4v) is 3.67. The van der Waals surface area contributed by atoms with E-state index >= 15 is 0 Å². The molecule has 0 aliphatic carbocycles. The number of pyridine rings is 1. The van der Waals surface area contributed by atoms with Crippen LogP contribution < -0.4 is 5.32 Å². The highest BCUT2D eigenvalue weighted by atomic mass is 16.2. The number of carbonyl (C=O) groups excluding carboxylic acids is 2. The molecule has 3 aromatic rings. The zero-order valence-electron chi connectivity index (χ0n) is 16.0. The van der Waals surface area contributed by atoms with Gasteiger partial charge in [0.2, 0.25) is 5.82 Å². The second-order valence-corrected chi connectivity index (χ2v) is 7.22. The molecule has 0 atom stereocenters. The lowest BCUT2D eigenvalue weighted by molar-refractivity contribution is 0.0748. The van der Waals surface area contributed by atoms with Crippen LogP contribution in [0.4, 0.5) is 5.69 Å². The number of aryl methyl sites for hydroxylation is 1. The van der Waals surface area contributed by atoms with Gasteiger partial charge in [0.15, 0.2) is 5.69 Å². The van der Waals surface area contributed by atoms with Crippen LogP contribution in [0, 0.1) is 6.92 Å². The predicted molar refractivity (Wildman–Crippen MR) is 109 cm³/mol. The Morgan fingerprint density at radius 1 is 0.964 bits per heavy atom. The molecule has 1 N–H and O–H groups in total. The van der Waals surface area contributed by atoms with E-state index in [2.05, 4.69) is 10.3 Å². The Balaban J connectivity index is 1.69. The highest BCUT2D eigenvalue weighted by molar-refractivity contribution is 6.09. The molecule has 0 bridgehead atoms. The molecule has 6 heteroatoms. The Hall–Kier alpha value is -3.15. The molecule has 2 aromatic heterocycles. The summed E-state index contributed by atoms with van der Waals surface area (Å²) in [5.74, 6) is -0.126. The summed E-state index contributed by atoms with van der Waals surface area (Å²) in [5, 5.41) is 2.92. The number of amides is 2. The number of hydrogen-bond acceptors (Lipinski definition) is 3. The Labute approximate surface area is 164 Å². The van der Waals surface area contributed by atoms with Gasteiger partial charge in [-0.2, -0.15) is 0 Å². The number of aromatic nitrogens is 2. The van der Waals surface area contributed by atoms with Gasteiger partial charge in [-0.15, -0.1) is 0 Å². The van der Waals surface area contributed by atoms with E-state index in [9.17, 15) is 9.59 Å². The van der Waals surface area contributed by atoms with E-state index in [0.29, 0.717) is 11.3 Å². The summed E-state index contributed by atoms with van der Waals surface area (Å²) in [4.78, 5) is 32.4. The normalized spacial score (nSPS) is 14.7. The number of imidazole rings is 1. The van der Waals surface area contributed by atoms with Crippen LogP contribution in [-0.4, -0.2) is 39.2 Å². The molecule has 144 valence electrons. The number of anilines is 1. The summed E-state index contributed by atoms with van der Waals surface area (Å²) in [6, 6.07) is 13.1. The number of nitrogens with one attached hydrogen (secondary N) is 1. The molecular weight excluding hydrogens is 352 g/mol. The van der Waals surface area contributed by atoms with Gasteiger partial charge in [-0.25, -0.2) is 4.98 Å². The SMILES string of the molecule is Cc1ccccc1NC(=O)c1nc(C(=O)N2CCCCCC2)n2ccccc12. The molecule has 1 saturated heterocycles. The average molecular weight is 376 g/mol. The highest BCUT2D eigenvalue weighted by Crippen LogP contribution is 2.20. The van der Waals surface area contributed by atoms with Crippen LogP contribution in [0.15, 0.2) is 48.7 Å². The van der Waals surface area contributed by atoms with Gasteiger partial charge < -0.3 is 10.2 Å². The van der Waals surface area contributed by atoms with Crippen molar-refractivity contribution in [3.8, 4) is 0 Å². The van der Waals surface area contributed by atoms with Crippen molar-refractivity contribution in [3.05, 3.63) is 65.7 Å². The smallest absolute Gasteiger partial charge is 0.290 e. The number of para-hydroxylation sites is 1. The van der Waals surface area contributed by atoms with Crippen LogP contribution in [0.2, 0.25) is 0 Å². The average Bonchev–Trinajstić information content (AvgIpc) is 2.89. The molecule has 0 radical (unpaired) electrons. The van der Waals surface area contributed by atoms with Crippen LogP contribution in [0.3, 0.4) is 0 Å². The molecule has 28 heavy (non-hydrogen) atoms. The van der Waals surface area contributed by atoms with E-state index in [-0.39, 0.29) is 17.5 Å². The lowest BCUT2D eigenvalue weighted by atomic mass is 10.2. The lowest BCUT2D eigenvalue weighted by Gasteiger charge is -2.19. The maximum absolute atomic E-state index is 13.1. The minimum absolute atomic E-state index is 0.113. The Bertz CT molecular complexity index is 1020. The maximum atomic E-state index is 13.1. The predicted octanol–water partition coefficient (Wildman–Crippen LogP) is 3.91. The van der Waals surface area contributed by atoms with Gasteiger partial charge >= 0.3 is 0 Å². The van der Waals surface area contributed by atoms with Crippen LogP contribution >= 0.6 is 0 Å². The van der Waals surface area contributed by atoms with Crippen molar-refractivity contribution in [2.24, 2.45) is 0 Å². The maximum Gasteiger partial charge on any atom is 0.290 e. The van der Waals surface area contributed by atoms with Gasteiger partial charge in [-0.1, -0.05) is 37.1 Å². The molecule has 6 nitrogen and oxygen atoms in total. The van der Waals surface area contributed by atoms with Crippen LogP contribution in [0.5, 0.6) is 0 Å². The van der Waals surface area contributed by atoms with Crippen molar-refractivity contribution in [1.82, 2.24) is 14.3 Å². The molecule has 1 aliphatic rings. The van der Waals surface area contributed by atoms with Crippen molar-refractivity contribution in [3.63, 3.8) is 0 Å². The topological polar surface area (TPSA) is 66.7 Å². The lowest BCUT2D eigenvalue weighted by Crippen LogP contribution is -2.33. The quantitative estimate of drug-likeness (QED) is 0.754. The van der Waals surface area contributed by atoms with Gasteiger partial charge in [-0.3, -0.25) is 14.0 Å². The van der Waals surface area contributed by atoms with Crippen molar-refractivity contribution in [2.45, 2.75) is 32.6 Å². The highest BCUT2D eigenvalue weighted by Gasteiger charge is 2.25. The van der Waals surface area contributed by atoms with Crippen molar-refractivity contribution in [2.75, 3.05) is 18.4 Å². The fourth-order valence-electron chi connectivity index (χ4n) is 3.67. The fraction of sp³-hybridized carbons (Fsp3) is 0.318. The van der Waals surface area contributed by atoms with Crippen molar-refractivity contribution >= 4 is 23.0 Å². The van der Waals surface area contributed by atoms with E-state index in [1.807, 2.05) is 54.3 Å².